The lowest BCUT2D eigenvalue weighted by molar-refractivity contribution is 0.0555. The summed E-state index contributed by atoms with van der Waals surface area (Å²) in [6.45, 7) is 1.27. The maximum Gasteiger partial charge on any atom is 0.407 e. The molecule has 1 N–H and O–H groups in total. The van der Waals surface area contributed by atoms with E-state index in [0.29, 0.717) is 24.7 Å². The Morgan fingerprint density at radius 2 is 1.94 bits per heavy atom. The Morgan fingerprint density at radius 1 is 1.11 bits per heavy atom. The largest absolute Gasteiger partial charge is 0.497 e. The predicted molar refractivity (Wildman–Crippen MR) is 133 cm³/mol. The van der Waals surface area contributed by atoms with Gasteiger partial charge in [0.15, 0.2) is 5.82 Å². The third-order valence-corrected chi connectivity index (χ3v) is 7.27. The average Bonchev–Trinajstić information content (AvgIpc) is 3.61. The molecular weight excluding hydrogens is 458 g/mol. The average molecular weight is 492 g/mol. The number of rotatable bonds is 8. The first kappa shape index (κ1) is 24.3. The van der Waals surface area contributed by atoms with Crippen molar-refractivity contribution in [1.29, 1.82) is 0 Å². The van der Waals surface area contributed by atoms with Crippen LogP contribution in [0.3, 0.4) is 0 Å². The van der Waals surface area contributed by atoms with Gasteiger partial charge in [0.1, 0.15) is 11.9 Å². The van der Waals surface area contributed by atoms with Crippen molar-refractivity contribution in [2.75, 3.05) is 20.3 Å². The summed E-state index contributed by atoms with van der Waals surface area (Å²) in [5, 5.41) is 7.29. The molecule has 36 heavy (non-hydrogen) atoms. The monoisotopic (exact) mass is 491 g/mol. The summed E-state index contributed by atoms with van der Waals surface area (Å²) in [7, 11) is 1.65. The minimum atomic E-state index is -0.384. The fraction of sp³-hybridized carbons (Fsp3) is 0.464. The summed E-state index contributed by atoms with van der Waals surface area (Å²) < 4.78 is 22.3. The van der Waals surface area contributed by atoms with Crippen LogP contribution in [0.2, 0.25) is 0 Å². The third-order valence-electron chi connectivity index (χ3n) is 7.27. The van der Waals surface area contributed by atoms with Crippen LogP contribution in [0, 0.1) is 0 Å². The number of amides is 1. The Morgan fingerprint density at radius 3 is 2.69 bits per heavy atom. The van der Waals surface area contributed by atoms with Crippen molar-refractivity contribution in [1.82, 2.24) is 15.5 Å². The van der Waals surface area contributed by atoms with E-state index in [4.69, 9.17) is 23.7 Å². The quantitative estimate of drug-likeness (QED) is 0.483. The second-order valence-corrected chi connectivity index (χ2v) is 9.61. The van der Waals surface area contributed by atoms with Crippen molar-refractivity contribution in [3.63, 3.8) is 0 Å². The van der Waals surface area contributed by atoms with Gasteiger partial charge in [-0.05, 0) is 61.8 Å². The van der Waals surface area contributed by atoms with Crippen molar-refractivity contribution in [2.24, 2.45) is 0 Å². The number of carbonyl (C=O) groups is 1. The Bertz CT molecular complexity index is 1130. The van der Waals surface area contributed by atoms with Gasteiger partial charge in [-0.2, -0.15) is 4.98 Å². The highest BCUT2D eigenvalue weighted by Gasteiger charge is 2.43. The van der Waals surface area contributed by atoms with Crippen molar-refractivity contribution in [3.05, 3.63) is 77.4 Å². The van der Waals surface area contributed by atoms with Crippen molar-refractivity contribution in [2.45, 2.75) is 62.6 Å². The SMILES string of the molecule is COc1cccc(Cc2nc(C3(c4ccccc4)CCC(OC(=O)NCC4CCCO4)CC3)no2)c1. The topological polar surface area (TPSA) is 95.7 Å². The van der Waals surface area contributed by atoms with E-state index in [0.717, 1.165) is 62.0 Å². The van der Waals surface area contributed by atoms with Crippen molar-refractivity contribution >= 4 is 6.09 Å². The van der Waals surface area contributed by atoms with Crippen LogP contribution < -0.4 is 10.1 Å². The molecule has 1 aromatic heterocycles. The van der Waals surface area contributed by atoms with Gasteiger partial charge in [-0.15, -0.1) is 0 Å². The molecule has 2 heterocycles. The Hall–Kier alpha value is -3.39. The van der Waals surface area contributed by atoms with E-state index in [2.05, 4.69) is 22.6 Å². The Labute approximate surface area is 211 Å². The van der Waals surface area contributed by atoms with Gasteiger partial charge in [0, 0.05) is 13.2 Å². The molecule has 8 heteroatoms. The number of hydrogen-bond donors (Lipinski definition) is 1. The van der Waals surface area contributed by atoms with Crippen LogP contribution in [0.15, 0.2) is 59.1 Å². The molecule has 2 aromatic carbocycles. The van der Waals surface area contributed by atoms with Crippen LogP contribution >= 0.6 is 0 Å². The number of ether oxygens (including phenoxy) is 3. The number of nitrogens with zero attached hydrogens (tertiary/aromatic N) is 2. The lowest BCUT2D eigenvalue weighted by Gasteiger charge is -2.38. The molecule has 1 aliphatic heterocycles. The maximum absolute atomic E-state index is 12.4. The molecule has 1 saturated carbocycles. The summed E-state index contributed by atoms with van der Waals surface area (Å²) in [6, 6.07) is 18.2. The van der Waals surface area contributed by atoms with Crippen LogP contribution in [0.5, 0.6) is 5.75 Å². The predicted octanol–water partition coefficient (Wildman–Crippen LogP) is 4.80. The zero-order valence-corrected chi connectivity index (χ0v) is 20.7. The fourth-order valence-corrected chi connectivity index (χ4v) is 5.27. The lowest BCUT2D eigenvalue weighted by atomic mass is 9.68. The number of methoxy groups -OCH3 is 1. The van der Waals surface area contributed by atoms with E-state index in [1.165, 1.54) is 0 Å². The third kappa shape index (κ3) is 5.54. The van der Waals surface area contributed by atoms with Gasteiger partial charge in [-0.25, -0.2) is 4.79 Å². The summed E-state index contributed by atoms with van der Waals surface area (Å²) >= 11 is 0. The Balaban J connectivity index is 1.27. The van der Waals surface area contributed by atoms with E-state index >= 15 is 0 Å². The van der Waals surface area contributed by atoms with E-state index in [9.17, 15) is 4.79 Å². The normalized spacial score (nSPS) is 23.8. The second kappa shape index (κ2) is 11.1. The number of alkyl carbamates (subject to hydrolysis) is 1. The van der Waals surface area contributed by atoms with Gasteiger partial charge < -0.3 is 24.1 Å². The van der Waals surface area contributed by atoms with Gasteiger partial charge in [0.2, 0.25) is 5.89 Å². The molecule has 5 rings (SSSR count). The molecule has 3 aromatic rings. The van der Waals surface area contributed by atoms with Crippen molar-refractivity contribution in [3.8, 4) is 5.75 Å². The van der Waals surface area contributed by atoms with E-state index in [1.807, 2.05) is 42.5 Å². The molecule has 0 spiro atoms. The van der Waals surface area contributed by atoms with Crippen molar-refractivity contribution < 1.29 is 23.5 Å². The number of nitrogens with one attached hydrogen (secondary N) is 1. The fourth-order valence-electron chi connectivity index (χ4n) is 5.27. The van der Waals surface area contributed by atoms with Gasteiger partial charge in [0.05, 0.1) is 25.0 Å². The first-order valence-electron chi connectivity index (χ1n) is 12.7. The molecule has 190 valence electrons. The highest BCUT2D eigenvalue weighted by atomic mass is 16.6. The van der Waals surface area contributed by atoms with Gasteiger partial charge >= 0.3 is 6.09 Å². The van der Waals surface area contributed by atoms with Crippen LogP contribution in [0.25, 0.3) is 0 Å². The smallest absolute Gasteiger partial charge is 0.407 e. The van der Waals surface area contributed by atoms with Gasteiger partial charge in [0.25, 0.3) is 0 Å². The highest BCUT2D eigenvalue weighted by molar-refractivity contribution is 5.67. The molecule has 8 nitrogen and oxygen atoms in total. The molecular formula is C28H33N3O5. The molecule has 2 aliphatic rings. The molecule has 1 aliphatic carbocycles. The number of aromatic nitrogens is 2. The van der Waals surface area contributed by atoms with E-state index in [1.54, 1.807) is 7.11 Å². The Kier molecular flexibility index (Phi) is 7.51. The van der Waals surface area contributed by atoms with Crippen LogP contribution in [0.4, 0.5) is 4.79 Å². The summed E-state index contributed by atoms with van der Waals surface area (Å²) in [6.07, 6.45) is 5.11. The minimum Gasteiger partial charge on any atom is -0.497 e. The van der Waals surface area contributed by atoms with Crippen LogP contribution in [-0.2, 0) is 21.3 Å². The summed E-state index contributed by atoms with van der Waals surface area (Å²) in [5.74, 6) is 2.06. The van der Waals surface area contributed by atoms with Gasteiger partial charge in [-0.1, -0.05) is 47.6 Å². The van der Waals surface area contributed by atoms with Crippen LogP contribution in [0.1, 0.15) is 61.4 Å². The van der Waals surface area contributed by atoms with E-state index in [-0.39, 0.29) is 23.7 Å². The summed E-state index contributed by atoms with van der Waals surface area (Å²) in [5.41, 5.74) is 1.82. The van der Waals surface area contributed by atoms with Crippen LogP contribution in [-0.4, -0.2) is 48.7 Å². The lowest BCUT2D eigenvalue weighted by Crippen LogP contribution is -2.40. The number of hydrogen-bond acceptors (Lipinski definition) is 7. The minimum absolute atomic E-state index is 0.0963. The first-order chi connectivity index (χ1) is 17.6. The number of carbonyl (C=O) groups excluding carboxylic acids is 1. The summed E-state index contributed by atoms with van der Waals surface area (Å²) in [4.78, 5) is 17.2. The molecule has 0 bridgehead atoms. The highest BCUT2D eigenvalue weighted by Crippen LogP contribution is 2.44. The van der Waals surface area contributed by atoms with Gasteiger partial charge in [-0.3, -0.25) is 0 Å². The maximum atomic E-state index is 12.4. The standard InChI is InChI=1S/C28H33N3O5/c1-33-23-10-5-7-20(17-23)18-25-30-26(31-36-25)28(21-8-3-2-4-9-21)14-12-22(13-15-28)35-27(32)29-19-24-11-6-16-34-24/h2-5,7-10,17,22,24H,6,11-16,18-19H2,1H3,(H,29,32). The molecule has 0 radical (unpaired) electrons. The first-order valence-corrected chi connectivity index (χ1v) is 12.7. The zero-order chi connectivity index (χ0) is 24.8. The molecule has 1 saturated heterocycles. The molecule has 1 amide bonds. The molecule has 1 atom stereocenters. The molecule has 1 unspecified atom stereocenters. The molecule has 2 fully saturated rings. The number of benzene rings is 2. The van der Waals surface area contributed by atoms with E-state index < -0.39 is 0 Å². The second-order valence-electron chi connectivity index (χ2n) is 9.61. The zero-order valence-electron chi connectivity index (χ0n) is 20.7.